The van der Waals surface area contributed by atoms with E-state index in [0.717, 1.165) is 24.4 Å². The summed E-state index contributed by atoms with van der Waals surface area (Å²) in [5.74, 6) is 0.536. The molecule has 128 valence electrons. The number of aromatic nitrogens is 5. The second kappa shape index (κ2) is 7.82. The number of nitrogens with one attached hydrogen (secondary N) is 1. The second-order valence-electron chi connectivity index (χ2n) is 5.44. The number of hydrogen-bond acceptors (Lipinski definition) is 7. The minimum atomic E-state index is -0.00296. The first-order valence-electron chi connectivity index (χ1n) is 8.05. The maximum atomic E-state index is 12.2. The van der Waals surface area contributed by atoms with Crippen LogP contribution in [0.25, 0.3) is 0 Å². The number of anilines is 1. The summed E-state index contributed by atoms with van der Waals surface area (Å²) >= 11 is 0. The van der Waals surface area contributed by atoms with E-state index in [9.17, 15) is 4.79 Å². The van der Waals surface area contributed by atoms with Gasteiger partial charge < -0.3 is 15.0 Å². The Balaban J connectivity index is 1.69. The second-order valence-corrected chi connectivity index (χ2v) is 5.44. The zero-order valence-corrected chi connectivity index (χ0v) is 13.7. The molecule has 1 aliphatic rings. The number of aryl methyl sites for hydroxylation is 1. The van der Waals surface area contributed by atoms with Gasteiger partial charge in [0.1, 0.15) is 12.3 Å². The van der Waals surface area contributed by atoms with Crippen LogP contribution in [0.1, 0.15) is 24.7 Å². The number of ether oxygens (including phenoxy) is 1. The minimum Gasteiger partial charge on any atom is -0.372 e. The van der Waals surface area contributed by atoms with Crippen LogP contribution in [-0.2, 0) is 29.2 Å². The van der Waals surface area contributed by atoms with E-state index in [4.69, 9.17) is 4.74 Å². The number of rotatable bonds is 6. The maximum absolute atomic E-state index is 12.2. The summed E-state index contributed by atoms with van der Waals surface area (Å²) < 4.78 is 7.11. The van der Waals surface area contributed by atoms with Crippen molar-refractivity contribution < 1.29 is 9.53 Å². The van der Waals surface area contributed by atoms with Crippen LogP contribution in [0.5, 0.6) is 0 Å². The van der Waals surface area contributed by atoms with Crippen molar-refractivity contribution in [2.75, 3.05) is 25.1 Å². The molecule has 1 amide bonds. The normalized spacial score (nSPS) is 14.1. The Morgan fingerprint density at radius 2 is 2.17 bits per heavy atom. The van der Waals surface area contributed by atoms with E-state index < -0.39 is 0 Å². The number of nitrogens with zero attached hydrogens (tertiary/aromatic N) is 6. The molecule has 9 nitrogen and oxygen atoms in total. The lowest BCUT2D eigenvalue weighted by molar-refractivity contribution is -0.136. The highest BCUT2D eigenvalue weighted by Gasteiger charge is 2.23. The van der Waals surface area contributed by atoms with Gasteiger partial charge >= 0.3 is 0 Å². The van der Waals surface area contributed by atoms with Gasteiger partial charge in [0, 0.05) is 32.1 Å². The molecular formula is C15H21N7O2. The van der Waals surface area contributed by atoms with Gasteiger partial charge in [-0.05, 0) is 19.4 Å². The van der Waals surface area contributed by atoms with Crippen LogP contribution < -0.4 is 5.32 Å². The molecule has 2 aromatic heterocycles. The first kappa shape index (κ1) is 16.3. The van der Waals surface area contributed by atoms with Gasteiger partial charge in [0.05, 0.1) is 18.8 Å². The van der Waals surface area contributed by atoms with Crippen LogP contribution in [0, 0.1) is 0 Å². The molecule has 3 rings (SSSR count). The molecule has 9 heteroatoms. The van der Waals surface area contributed by atoms with Crippen LogP contribution >= 0.6 is 0 Å². The Morgan fingerprint density at radius 1 is 1.33 bits per heavy atom. The van der Waals surface area contributed by atoms with Crippen molar-refractivity contribution in [3.8, 4) is 0 Å². The van der Waals surface area contributed by atoms with Gasteiger partial charge in [-0.15, -0.1) is 5.10 Å². The van der Waals surface area contributed by atoms with Crippen LogP contribution in [0.4, 0.5) is 5.95 Å². The number of amides is 1. The van der Waals surface area contributed by atoms with Crippen LogP contribution in [0.15, 0.2) is 18.5 Å². The number of carbonyl (C=O) groups excluding carboxylic acids is 1. The van der Waals surface area contributed by atoms with Crippen LogP contribution in [0.3, 0.4) is 0 Å². The summed E-state index contributed by atoms with van der Waals surface area (Å²) in [6.07, 6.45) is 4.20. The first-order valence-corrected chi connectivity index (χ1v) is 8.05. The fourth-order valence-corrected chi connectivity index (χ4v) is 2.58. The maximum Gasteiger partial charge on any atom is 0.248 e. The van der Waals surface area contributed by atoms with E-state index in [-0.39, 0.29) is 12.5 Å². The van der Waals surface area contributed by atoms with Crippen molar-refractivity contribution in [2.45, 2.75) is 33.0 Å². The molecule has 0 spiro atoms. The van der Waals surface area contributed by atoms with Gasteiger partial charge in [0.2, 0.25) is 11.9 Å². The summed E-state index contributed by atoms with van der Waals surface area (Å²) in [5.41, 5.74) is 1.75. The lowest BCUT2D eigenvalue weighted by Crippen LogP contribution is -2.34. The van der Waals surface area contributed by atoms with E-state index >= 15 is 0 Å². The Morgan fingerprint density at radius 3 is 2.96 bits per heavy atom. The molecule has 24 heavy (non-hydrogen) atoms. The zero-order valence-electron chi connectivity index (χ0n) is 13.7. The third-order valence-corrected chi connectivity index (χ3v) is 3.82. The topological polar surface area (TPSA) is 98.1 Å². The van der Waals surface area contributed by atoms with E-state index in [2.05, 4.69) is 25.6 Å². The molecule has 1 aliphatic heterocycles. The Kier molecular flexibility index (Phi) is 5.32. The van der Waals surface area contributed by atoms with Crippen molar-refractivity contribution in [3.63, 3.8) is 0 Å². The van der Waals surface area contributed by atoms with Crippen molar-refractivity contribution in [1.29, 1.82) is 0 Å². The van der Waals surface area contributed by atoms with Crippen LogP contribution in [-0.4, -0.2) is 55.5 Å². The standard InChI is InChI=1S/C15H21N7O2/c1-2-24-11-14(23)21-7-4-8-22-13(10-21)12(19-20-22)9-18-15-16-5-3-6-17-15/h3,5-6H,2,4,7-11H2,1H3,(H,16,17,18). The highest BCUT2D eigenvalue weighted by Crippen LogP contribution is 2.15. The number of hydrogen-bond donors (Lipinski definition) is 1. The smallest absolute Gasteiger partial charge is 0.248 e. The third kappa shape index (κ3) is 3.85. The van der Waals surface area contributed by atoms with Gasteiger partial charge in [-0.3, -0.25) is 4.79 Å². The molecule has 0 radical (unpaired) electrons. The summed E-state index contributed by atoms with van der Waals surface area (Å²) in [5, 5.41) is 11.6. The average molecular weight is 331 g/mol. The summed E-state index contributed by atoms with van der Waals surface area (Å²) in [7, 11) is 0. The fraction of sp³-hybridized carbons (Fsp3) is 0.533. The van der Waals surface area contributed by atoms with Gasteiger partial charge in [-0.25, -0.2) is 14.6 Å². The summed E-state index contributed by atoms with van der Waals surface area (Å²) in [6.45, 7) is 4.93. The molecule has 0 aliphatic carbocycles. The lowest BCUT2D eigenvalue weighted by atomic mass is 10.3. The molecule has 0 fully saturated rings. The Hall–Kier alpha value is -2.55. The van der Waals surface area contributed by atoms with E-state index in [0.29, 0.717) is 32.2 Å². The predicted octanol–water partition coefficient (Wildman–Crippen LogP) is 0.449. The predicted molar refractivity (Wildman–Crippen MR) is 85.9 cm³/mol. The lowest BCUT2D eigenvalue weighted by Gasteiger charge is -2.20. The third-order valence-electron chi connectivity index (χ3n) is 3.82. The minimum absolute atomic E-state index is 0.00296. The van der Waals surface area contributed by atoms with Gasteiger partial charge in [-0.1, -0.05) is 5.21 Å². The molecular weight excluding hydrogens is 310 g/mol. The molecule has 0 saturated heterocycles. The number of fused-ring (bicyclic) bond motifs is 1. The summed E-state index contributed by atoms with van der Waals surface area (Å²) in [6, 6.07) is 1.76. The summed E-state index contributed by atoms with van der Waals surface area (Å²) in [4.78, 5) is 22.3. The number of carbonyl (C=O) groups is 1. The molecule has 3 heterocycles. The molecule has 2 aromatic rings. The monoisotopic (exact) mass is 331 g/mol. The zero-order chi connectivity index (χ0) is 16.8. The van der Waals surface area contributed by atoms with Crippen molar-refractivity contribution >= 4 is 11.9 Å². The SMILES string of the molecule is CCOCC(=O)N1CCCn2nnc(CNc3ncccn3)c2C1. The molecule has 1 N–H and O–H groups in total. The van der Waals surface area contributed by atoms with Crippen molar-refractivity contribution in [1.82, 2.24) is 29.9 Å². The molecule has 0 bridgehead atoms. The molecule has 0 unspecified atom stereocenters. The van der Waals surface area contributed by atoms with Gasteiger partial charge in [-0.2, -0.15) is 0 Å². The van der Waals surface area contributed by atoms with Crippen molar-refractivity contribution in [2.24, 2.45) is 0 Å². The van der Waals surface area contributed by atoms with Gasteiger partial charge in [0.15, 0.2) is 0 Å². The molecule has 0 atom stereocenters. The first-order chi connectivity index (χ1) is 11.8. The molecule has 0 saturated carbocycles. The Bertz CT molecular complexity index is 674. The Labute approximate surface area is 140 Å². The fourth-order valence-electron chi connectivity index (χ4n) is 2.58. The van der Waals surface area contributed by atoms with E-state index in [1.165, 1.54) is 0 Å². The average Bonchev–Trinajstić information content (AvgIpc) is 2.86. The largest absolute Gasteiger partial charge is 0.372 e. The van der Waals surface area contributed by atoms with Crippen LogP contribution in [0.2, 0.25) is 0 Å². The highest BCUT2D eigenvalue weighted by atomic mass is 16.5. The van der Waals surface area contributed by atoms with E-state index in [1.807, 2.05) is 11.6 Å². The quantitative estimate of drug-likeness (QED) is 0.820. The van der Waals surface area contributed by atoms with E-state index in [1.54, 1.807) is 23.4 Å². The van der Waals surface area contributed by atoms with Gasteiger partial charge in [0.25, 0.3) is 0 Å². The van der Waals surface area contributed by atoms with Crippen molar-refractivity contribution in [3.05, 3.63) is 29.8 Å². The highest BCUT2D eigenvalue weighted by molar-refractivity contribution is 5.77. The molecule has 0 aromatic carbocycles.